The molecule has 0 radical (unpaired) electrons. The van der Waals surface area contributed by atoms with Crippen LogP contribution in [0.4, 0.5) is 4.39 Å². The maximum absolute atomic E-state index is 13.5. The number of hydrogen-bond donors (Lipinski definition) is 1. The van der Waals surface area contributed by atoms with Gasteiger partial charge in [0.15, 0.2) is 17.4 Å². The van der Waals surface area contributed by atoms with Crippen LogP contribution >= 0.6 is 0 Å². The Morgan fingerprint density at radius 2 is 2.10 bits per heavy atom. The fraction of sp³-hybridized carbons (Fsp3) is 0.500. The molecule has 1 atom stereocenters. The molecule has 0 spiro atoms. The summed E-state index contributed by atoms with van der Waals surface area (Å²) in [6, 6.07) is 4.52. The lowest BCUT2D eigenvalue weighted by Crippen LogP contribution is -2.25. The van der Waals surface area contributed by atoms with Crippen molar-refractivity contribution in [3.63, 3.8) is 0 Å². The van der Waals surface area contributed by atoms with E-state index in [0.717, 1.165) is 6.54 Å². The fourth-order valence-corrected chi connectivity index (χ4v) is 1.93. The highest BCUT2D eigenvalue weighted by Crippen LogP contribution is 2.22. The molecule has 1 unspecified atom stereocenters. The summed E-state index contributed by atoms with van der Waals surface area (Å²) in [5.41, 5.74) is 0.659. The summed E-state index contributed by atoms with van der Waals surface area (Å²) in [4.78, 5) is 0. The summed E-state index contributed by atoms with van der Waals surface area (Å²) in [6.07, 6.45) is 0. The van der Waals surface area contributed by atoms with Gasteiger partial charge >= 0.3 is 0 Å². The Morgan fingerprint density at radius 3 is 2.76 bits per heavy atom. The molecule has 0 aliphatic carbocycles. The van der Waals surface area contributed by atoms with E-state index >= 15 is 0 Å². The van der Waals surface area contributed by atoms with Crippen LogP contribution in [0.1, 0.15) is 32.6 Å². The van der Waals surface area contributed by atoms with E-state index in [9.17, 15) is 4.39 Å². The van der Waals surface area contributed by atoms with Crippen LogP contribution in [0, 0.1) is 11.7 Å². The minimum absolute atomic E-state index is 0.0153. The van der Waals surface area contributed by atoms with Crippen LogP contribution in [0.25, 0.3) is 5.69 Å². The normalized spacial score (nSPS) is 12.7. The average Bonchev–Trinajstić information content (AvgIpc) is 2.94. The quantitative estimate of drug-likeness (QED) is 0.883. The van der Waals surface area contributed by atoms with Gasteiger partial charge in [0.25, 0.3) is 0 Å². The Bertz CT molecular complexity index is 599. The average molecular weight is 293 g/mol. The first-order chi connectivity index (χ1) is 10.0. The maximum atomic E-state index is 13.5. The van der Waals surface area contributed by atoms with Crippen LogP contribution in [0.2, 0.25) is 0 Å². The number of hydrogen-bond acceptors (Lipinski definition) is 5. The van der Waals surface area contributed by atoms with Crippen LogP contribution < -0.4 is 10.1 Å². The van der Waals surface area contributed by atoms with Crippen molar-refractivity contribution in [1.29, 1.82) is 0 Å². The monoisotopic (exact) mass is 293 g/mol. The number of ether oxygens (including phenoxy) is 1. The molecule has 0 aliphatic heterocycles. The zero-order chi connectivity index (χ0) is 15.4. The number of rotatable bonds is 6. The van der Waals surface area contributed by atoms with Gasteiger partial charge in [-0.2, -0.15) is 4.68 Å². The van der Waals surface area contributed by atoms with Crippen LogP contribution in [-0.4, -0.2) is 33.9 Å². The third kappa shape index (κ3) is 3.55. The minimum atomic E-state index is -0.415. The zero-order valence-electron chi connectivity index (χ0n) is 12.7. The fourth-order valence-electron chi connectivity index (χ4n) is 1.93. The van der Waals surface area contributed by atoms with E-state index in [1.54, 1.807) is 16.8 Å². The van der Waals surface area contributed by atoms with Gasteiger partial charge in [-0.1, -0.05) is 13.8 Å². The zero-order valence-corrected chi connectivity index (χ0v) is 12.7. The Morgan fingerprint density at radius 1 is 1.33 bits per heavy atom. The van der Waals surface area contributed by atoms with Crippen molar-refractivity contribution < 1.29 is 9.13 Å². The van der Waals surface area contributed by atoms with Crippen LogP contribution in [0.3, 0.4) is 0 Å². The first-order valence-electron chi connectivity index (χ1n) is 6.88. The van der Waals surface area contributed by atoms with Gasteiger partial charge in [-0.15, -0.1) is 5.10 Å². The van der Waals surface area contributed by atoms with Crippen molar-refractivity contribution >= 4 is 0 Å². The number of benzene rings is 1. The molecule has 7 heteroatoms. The molecule has 0 aliphatic rings. The molecule has 1 N–H and O–H groups in total. The largest absolute Gasteiger partial charge is 0.494 e. The van der Waals surface area contributed by atoms with E-state index in [1.165, 1.54) is 13.2 Å². The maximum Gasteiger partial charge on any atom is 0.173 e. The highest BCUT2D eigenvalue weighted by molar-refractivity contribution is 5.40. The Kier molecular flexibility index (Phi) is 4.85. The van der Waals surface area contributed by atoms with Gasteiger partial charge in [-0.3, -0.25) is 0 Å². The number of nitrogens with zero attached hydrogens (tertiary/aromatic N) is 4. The highest BCUT2D eigenvalue weighted by atomic mass is 19.1. The van der Waals surface area contributed by atoms with Crippen molar-refractivity contribution in [2.75, 3.05) is 13.7 Å². The second kappa shape index (κ2) is 6.62. The second-order valence-corrected chi connectivity index (χ2v) is 5.29. The molecule has 1 aromatic heterocycles. The smallest absolute Gasteiger partial charge is 0.173 e. The molecule has 2 aromatic rings. The minimum Gasteiger partial charge on any atom is -0.494 e. The van der Waals surface area contributed by atoms with Gasteiger partial charge < -0.3 is 10.1 Å². The molecular weight excluding hydrogens is 273 g/mol. The third-order valence-electron chi connectivity index (χ3n) is 3.09. The molecule has 1 heterocycles. The number of nitrogens with one attached hydrogen (secondary N) is 1. The molecule has 21 heavy (non-hydrogen) atoms. The van der Waals surface area contributed by atoms with Gasteiger partial charge in [0.05, 0.1) is 18.8 Å². The summed E-state index contributed by atoms with van der Waals surface area (Å²) in [5, 5.41) is 15.1. The van der Waals surface area contributed by atoms with E-state index < -0.39 is 5.82 Å². The number of aromatic nitrogens is 4. The van der Waals surface area contributed by atoms with E-state index in [2.05, 4.69) is 34.7 Å². The van der Waals surface area contributed by atoms with Crippen molar-refractivity contribution in [3.8, 4) is 11.4 Å². The lowest BCUT2D eigenvalue weighted by Gasteiger charge is -2.15. The van der Waals surface area contributed by atoms with Gasteiger partial charge in [-0.25, -0.2) is 4.39 Å². The standard InChI is InChI=1S/C14H20FN5O/c1-9(2)8-16-10(3)14-17-18-19-20(14)11-5-6-12(15)13(7-11)21-4/h5-7,9-10,16H,8H2,1-4H3. The molecule has 1 aromatic carbocycles. The molecule has 0 bridgehead atoms. The predicted octanol–water partition coefficient (Wildman–Crippen LogP) is 2.12. The summed E-state index contributed by atoms with van der Waals surface area (Å²) >= 11 is 0. The Hall–Kier alpha value is -2.02. The summed E-state index contributed by atoms with van der Waals surface area (Å²) in [5.74, 6) is 0.950. The third-order valence-corrected chi connectivity index (χ3v) is 3.09. The number of halogens is 1. The second-order valence-electron chi connectivity index (χ2n) is 5.29. The lowest BCUT2D eigenvalue weighted by molar-refractivity contribution is 0.386. The van der Waals surface area contributed by atoms with E-state index in [0.29, 0.717) is 17.4 Å². The molecule has 114 valence electrons. The van der Waals surface area contributed by atoms with Gasteiger partial charge in [0.1, 0.15) is 0 Å². The van der Waals surface area contributed by atoms with E-state index in [4.69, 9.17) is 4.74 Å². The molecule has 0 saturated carbocycles. The Balaban J connectivity index is 2.27. The van der Waals surface area contributed by atoms with Crippen molar-refractivity contribution in [2.45, 2.75) is 26.8 Å². The van der Waals surface area contributed by atoms with Gasteiger partial charge in [0, 0.05) is 6.07 Å². The van der Waals surface area contributed by atoms with E-state index in [-0.39, 0.29) is 11.8 Å². The first kappa shape index (κ1) is 15.4. The number of methoxy groups -OCH3 is 1. The van der Waals surface area contributed by atoms with Crippen molar-refractivity contribution in [2.24, 2.45) is 5.92 Å². The first-order valence-corrected chi connectivity index (χ1v) is 6.88. The molecule has 2 rings (SSSR count). The predicted molar refractivity (Wildman–Crippen MR) is 76.9 cm³/mol. The molecule has 0 fully saturated rings. The van der Waals surface area contributed by atoms with Crippen LogP contribution in [0.5, 0.6) is 5.75 Å². The molecule has 0 amide bonds. The summed E-state index contributed by atoms with van der Waals surface area (Å²) in [6.45, 7) is 7.12. The number of tetrazole rings is 1. The molecule has 6 nitrogen and oxygen atoms in total. The topological polar surface area (TPSA) is 64.9 Å². The SMILES string of the molecule is COc1cc(-n2nnnc2C(C)NCC(C)C)ccc1F. The summed E-state index contributed by atoms with van der Waals surface area (Å²) < 4.78 is 20.1. The Labute approximate surface area is 123 Å². The van der Waals surface area contributed by atoms with Crippen LogP contribution in [-0.2, 0) is 0 Å². The summed E-state index contributed by atoms with van der Waals surface area (Å²) in [7, 11) is 1.43. The van der Waals surface area contributed by atoms with Crippen molar-refractivity contribution in [1.82, 2.24) is 25.5 Å². The van der Waals surface area contributed by atoms with Crippen LogP contribution in [0.15, 0.2) is 18.2 Å². The van der Waals surface area contributed by atoms with Gasteiger partial charge in [-0.05, 0) is 41.9 Å². The lowest BCUT2D eigenvalue weighted by atomic mass is 10.2. The molecular formula is C14H20FN5O. The van der Waals surface area contributed by atoms with Gasteiger partial charge in [0.2, 0.25) is 0 Å². The molecule has 0 saturated heterocycles. The van der Waals surface area contributed by atoms with E-state index in [1.807, 2.05) is 6.92 Å². The van der Waals surface area contributed by atoms with Crippen molar-refractivity contribution in [3.05, 3.63) is 29.8 Å². The highest BCUT2D eigenvalue weighted by Gasteiger charge is 2.16.